The summed E-state index contributed by atoms with van der Waals surface area (Å²) in [7, 11) is -14.1. The molecule has 1 unspecified atom stereocenters. The number of para-hydroxylation sites is 2. The van der Waals surface area contributed by atoms with Gasteiger partial charge in [0.2, 0.25) is 4.90 Å². The fraction of sp³-hybridized carbons (Fsp3) is 0.167. The zero-order chi connectivity index (χ0) is 29.7. The van der Waals surface area contributed by atoms with E-state index in [0.29, 0.717) is 15.2 Å². The van der Waals surface area contributed by atoms with Crippen molar-refractivity contribution >= 4 is 42.0 Å². The molecule has 0 amide bonds. The number of rotatable bonds is 9. The van der Waals surface area contributed by atoms with E-state index in [4.69, 9.17) is 0 Å². The number of benzene rings is 3. The number of aryl methyl sites for hydroxylation is 1. The van der Waals surface area contributed by atoms with Gasteiger partial charge in [0.25, 0.3) is 0 Å². The molecule has 0 saturated carbocycles. The van der Waals surface area contributed by atoms with Gasteiger partial charge in [-0.3, -0.25) is 0 Å². The van der Waals surface area contributed by atoms with Gasteiger partial charge in [0, 0.05) is 7.05 Å². The predicted molar refractivity (Wildman–Crippen MR) is 132 cm³/mol. The summed E-state index contributed by atoms with van der Waals surface area (Å²) >= 11 is 0. The topological polar surface area (TPSA) is 106 Å². The molecule has 0 N–H and O–H groups in total. The van der Waals surface area contributed by atoms with E-state index < -0.39 is 53.3 Å². The first-order valence-corrected chi connectivity index (χ1v) is 14.9. The molecule has 0 spiro atoms. The molecule has 0 aliphatic rings. The Kier molecular flexibility index (Phi) is 7.45. The number of aromatic nitrogens is 1. The molecule has 40 heavy (non-hydrogen) atoms. The van der Waals surface area contributed by atoms with Gasteiger partial charge < -0.3 is 13.3 Å². The lowest BCUT2D eigenvalue weighted by molar-refractivity contribution is -0.247. The van der Waals surface area contributed by atoms with Crippen LogP contribution in [0.2, 0.25) is 0 Å². The molecule has 3 aromatic carbocycles. The highest BCUT2D eigenvalue weighted by Crippen LogP contribution is 2.51. The molecule has 1 atom stereocenters. The number of hydrogen-bond acceptors (Lipinski definition) is 6. The average Bonchev–Trinajstić information content (AvgIpc) is 3.21. The summed E-state index contributed by atoms with van der Waals surface area (Å²) in [5, 5.41) is -13.2. The zero-order valence-electron chi connectivity index (χ0n) is 20.0. The van der Waals surface area contributed by atoms with Crippen LogP contribution in [0.15, 0.2) is 99.7 Å². The van der Waals surface area contributed by atoms with Crippen molar-refractivity contribution in [3.8, 4) is 5.75 Å². The van der Waals surface area contributed by atoms with Gasteiger partial charge in [-0.05, 0) is 36.4 Å². The third-order valence-electron chi connectivity index (χ3n) is 5.69. The average molecular weight is 626 g/mol. The smallest absolute Gasteiger partial charge is 0.450 e. The molecule has 4 rings (SSSR count). The molecule has 0 radical (unpaired) electrons. The molecule has 7 nitrogen and oxygen atoms in total. The van der Waals surface area contributed by atoms with Crippen LogP contribution in [0.1, 0.15) is 0 Å². The fourth-order valence-electron chi connectivity index (χ4n) is 3.74. The molecule has 0 bridgehead atoms. The van der Waals surface area contributed by atoms with Crippen molar-refractivity contribution in [1.82, 2.24) is 4.57 Å². The minimum absolute atomic E-state index is 0.101. The second-order valence-corrected chi connectivity index (χ2v) is 13.3. The van der Waals surface area contributed by atoms with Crippen molar-refractivity contribution in [2.75, 3.05) is 0 Å². The Balaban J connectivity index is 1.89. The highest BCUT2D eigenvalue weighted by atomic mass is 32.2. The molecular weight excluding hydrogens is 608 g/mol. The van der Waals surface area contributed by atoms with E-state index in [1.54, 1.807) is 72.4 Å². The lowest BCUT2D eigenvalue weighted by Crippen LogP contribution is -2.61. The highest BCUT2D eigenvalue weighted by molar-refractivity contribution is 7.97. The summed E-state index contributed by atoms with van der Waals surface area (Å²) in [5.74, 6) is -8.10. The number of alkyl halides is 6. The van der Waals surface area contributed by atoms with E-state index in [2.05, 4.69) is 4.18 Å². The maximum absolute atomic E-state index is 14.5. The van der Waals surface area contributed by atoms with Crippen molar-refractivity contribution in [1.29, 1.82) is 0 Å². The molecule has 0 saturated heterocycles. The second-order valence-electron chi connectivity index (χ2n) is 8.29. The van der Waals surface area contributed by atoms with Crippen molar-refractivity contribution < 1.29 is 51.9 Å². The van der Waals surface area contributed by atoms with Gasteiger partial charge in [-0.2, -0.15) is 34.8 Å². The number of nitrogens with zero attached hydrogens (tertiary/aromatic N) is 1. The van der Waals surface area contributed by atoms with E-state index in [1.165, 1.54) is 12.1 Å². The Labute approximate surface area is 227 Å². The Morgan fingerprint density at radius 3 is 1.93 bits per heavy atom. The first kappa shape index (κ1) is 29.8. The van der Waals surface area contributed by atoms with Crippen LogP contribution in [0.3, 0.4) is 0 Å². The minimum atomic E-state index is -7.42. The van der Waals surface area contributed by atoms with Crippen LogP contribution >= 0.6 is 0 Å². The number of hydrogen-bond donors (Lipinski definition) is 0. The summed E-state index contributed by atoms with van der Waals surface area (Å²) < 4.78 is 147. The van der Waals surface area contributed by atoms with E-state index in [-0.39, 0.29) is 4.90 Å². The predicted octanol–water partition coefficient (Wildman–Crippen LogP) is 5.35. The molecule has 1 aromatic heterocycles. The van der Waals surface area contributed by atoms with Crippen molar-refractivity contribution in [2.45, 2.75) is 31.1 Å². The summed E-state index contributed by atoms with van der Waals surface area (Å²) in [4.78, 5) is 0.975. The fourth-order valence-corrected chi connectivity index (χ4v) is 7.58. The van der Waals surface area contributed by atoms with Crippen LogP contribution in [-0.2, 0) is 38.2 Å². The molecule has 214 valence electrons. The van der Waals surface area contributed by atoms with Gasteiger partial charge in [0.15, 0.2) is 25.7 Å². The van der Waals surface area contributed by atoms with E-state index >= 15 is 0 Å². The van der Waals surface area contributed by atoms with Crippen LogP contribution in [0.25, 0.3) is 10.9 Å². The van der Waals surface area contributed by atoms with Gasteiger partial charge in [-0.15, -0.1) is 0 Å². The van der Waals surface area contributed by atoms with Crippen molar-refractivity contribution in [2.24, 2.45) is 7.05 Å². The van der Waals surface area contributed by atoms with Gasteiger partial charge in [-0.1, -0.05) is 42.5 Å². The van der Waals surface area contributed by atoms with E-state index in [1.807, 2.05) is 0 Å². The zero-order valence-corrected chi connectivity index (χ0v) is 22.4. The third kappa shape index (κ3) is 4.71. The Morgan fingerprint density at radius 1 is 0.750 bits per heavy atom. The molecule has 0 fully saturated rings. The third-order valence-corrected chi connectivity index (χ3v) is 10.1. The van der Waals surface area contributed by atoms with Crippen LogP contribution in [-0.4, -0.2) is 42.4 Å². The SMILES string of the molecule is Cn1cc([S+](c2ccccc2)c2ccccc2OS(=O)(=O)C(F)(F)C(F)(F)C(F)(F)S(=O)(=O)[O-])c2ccccc21. The van der Waals surface area contributed by atoms with Gasteiger partial charge in [-0.25, -0.2) is 8.42 Å². The maximum atomic E-state index is 14.5. The van der Waals surface area contributed by atoms with Crippen LogP contribution in [0.4, 0.5) is 26.3 Å². The maximum Gasteiger partial charge on any atom is 0.450 e. The summed E-state index contributed by atoms with van der Waals surface area (Å²) in [6.45, 7) is 0. The van der Waals surface area contributed by atoms with Gasteiger partial charge >= 0.3 is 26.5 Å². The minimum Gasteiger partial charge on any atom is -0.743 e. The number of fused-ring (bicyclic) bond motifs is 1. The second kappa shape index (κ2) is 10.0. The summed E-state index contributed by atoms with van der Waals surface area (Å²) in [6, 6.07) is 19.9. The molecule has 0 aliphatic carbocycles. The van der Waals surface area contributed by atoms with E-state index in [0.717, 1.165) is 17.6 Å². The molecule has 16 heteroatoms. The lowest BCUT2D eigenvalue weighted by atomic mass is 10.2. The largest absolute Gasteiger partial charge is 0.743 e. The van der Waals surface area contributed by atoms with Crippen molar-refractivity contribution in [3.63, 3.8) is 0 Å². The lowest BCUT2D eigenvalue weighted by Gasteiger charge is -2.32. The molecular formula is C24H17F6NO6S3. The van der Waals surface area contributed by atoms with Crippen LogP contribution in [0.5, 0.6) is 5.75 Å². The standard InChI is InChI=1S/C24H17F6NO6S3/c1-31-15-21(17-11-5-6-12-18(17)31)38(16-9-3-2-4-10-16)20-14-8-7-13-19(20)37-40(35,36)24(29,30)22(25,26)23(27,28)39(32,33)34/h2-15H,1H3. The van der Waals surface area contributed by atoms with E-state index in [9.17, 15) is 47.7 Å². The summed E-state index contributed by atoms with van der Waals surface area (Å²) in [6.07, 6.45) is 1.69. The first-order valence-electron chi connectivity index (χ1n) is 10.9. The molecule has 0 aliphatic heterocycles. The molecule has 1 heterocycles. The van der Waals surface area contributed by atoms with Crippen LogP contribution in [0, 0.1) is 0 Å². The molecule has 4 aromatic rings. The quantitative estimate of drug-likeness (QED) is 0.108. The van der Waals surface area contributed by atoms with Crippen LogP contribution < -0.4 is 4.18 Å². The number of halogens is 6. The first-order chi connectivity index (χ1) is 18.4. The Bertz CT molecular complexity index is 1780. The Morgan fingerprint density at radius 2 is 1.30 bits per heavy atom. The summed E-state index contributed by atoms with van der Waals surface area (Å²) in [5.41, 5.74) is 0.740. The Hall–Kier alpha value is -3.21. The highest BCUT2D eigenvalue weighted by Gasteiger charge is 2.81. The van der Waals surface area contributed by atoms with Crippen molar-refractivity contribution in [3.05, 3.63) is 85.1 Å². The van der Waals surface area contributed by atoms with Gasteiger partial charge in [0.05, 0.1) is 17.1 Å². The normalized spacial score (nSPS) is 14.3. The van der Waals surface area contributed by atoms with Gasteiger partial charge in [0.1, 0.15) is 10.9 Å². The monoisotopic (exact) mass is 625 g/mol.